The normalized spacial score (nSPS) is 12.0. The third kappa shape index (κ3) is 3.06. The molecule has 0 saturated carbocycles. The fraction of sp³-hybridized carbons (Fsp3) is 0.500. The topological polar surface area (TPSA) is 34.1 Å². The molecule has 84 valence electrons. The van der Waals surface area contributed by atoms with Crippen LogP contribution in [0.3, 0.4) is 0 Å². The first kappa shape index (κ1) is 12.2. The molecule has 0 fully saturated rings. The number of rotatable bonds is 4. The fourth-order valence-corrected chi connectivity index (χ4v) is 2.44. The van der Waals surface area contributed by atoms with Gasteiger partial charge in [-0.1, -0.05) is 26.0 Å². The lowest BCUT2D eigenvalue weighted by Crippen LogP contribution is -2.00. The Balaban J connectivity index is 3.13. The monoisotopic (exact) mass is 226 g/mol. The highest BCUT2D eigenvalue weighted by Gasteiger charge is 2.11. The van der Waals surface area contributed by atoms with E-state index in [0.29, 0.717) is 10.8 Å². The van der Waals surface area contributed by atoms with Gasteiger partial charge >= 0.3 is 0 Å². The minimum Gasteiger partial charge on any atom is -0.224 e. The van der Waals surface area contributed by atoms with Crippen LogP contribution >= 0.6 is 0 Å². The molecule has 0 aromatic heterocycles. The molecule has 1 rings (SSSR count). The van der Waals surface area contributed by atoms with Gasteiger partial charge in [0.2, 0.25) is 0 Å². The maximum atomic E-state index is 11.4. The van der Waals surface area contributed by atoms with E-state index >= 15 is 0 Å². The Kier molecular flexibility index (Phi) is 3.91. The van der Waals surface area contributed by atoms with Gasteiger partial charge in [-0.15, -0.1) is 0 Å². The Morgan fingerprint density at radius 1 is 1.20 bits per heavy atom. The van der Waals surface area contributed by atoms with E-state index in [9.17, 15) is 8.42 Å². The summed E-state index contributed by atoms with van der Waals surface area (Å²) in [5, 5.41) is 0. The summed E-state index contributed by atoms with van der Waals surface area (Å²) < 4.78 is 22.8. The van der Waals surface area contributed by atoms with Crippen LogP contribution in [0.5, 0.6) is 0 Å². The molecule has 0 heterocycles. The summed E-state index contributed by atoms with van der Waals surface area (Å²) in [6, 6.07) is 7.28. The maximum Gasteiger partial charge on any atom is 0.175 e. The first-order valence-electron chi connectivity index (χ1n) is 5.29. The molecule has 3 heteroatoms. The second kappa shape index (κ2) is 4.79. The van der Waals surface area contributed by atoms with Crippen LogP contribution in [0, 0.1) is 0 Å². The van der Waals surface area contributed by atoms with E-state index in [-0.39, 0.29) is 0 Å². The number of hydrogen-bond donors (Lipinski definition) is 0. The maximum absolute atomic E-state index is 11.4. The Labute approximate surface area is 92.2 Å². The van der Waals surface area contributed by atoms with Crippen LogP contribution in [0.2, 0.25) is 0 Å². The van der Waals surface area contributed by atoms with Crippen LogP contribution < -0.4 is 0 Å². The first-order valence-corrected chi connectivity index (χ1v) is 7.18. The molecule has 0 radical (unpaired) electrons. The van der Waals surface area contributed by atoms with Gasteiger partial charge in [0.1, 0.15) is 0 Å². The van der Waals surface area contributed by atoms with Crippen molar-refractivity contribution in [2.24, 2.45) is 0 Å². The van der Waals surface area contributed by atoms with Gasteiger partial charge in [-0.3, -0.25) is 0 Å². The van der Waals surface area contributed by atoms with Crippen molar-refractivity contribution in [1.82, 2.24) is 0 Å². The van der Waals surface area contributed by atoms with Gasteiger partial charge in [0.15, 0.2) is 9.84 Å². The van der Waals surface area contributed by atoms with Gasteiger partial charge in [-0.05, 0) is 36.5 Å². The van der Waals surface area contributed by atoms with Crippen molar-refractivity contribution in [3.05, 3.63) is 29.8 Å². The first-order chi connectivity index (χ1) is 6.99. The molecular formula is C12H18O2S. The Morgan fingerprint density at radius 3 is 2.27 bits per heavy atom. The van der Waals surface area contributed by atoms with Gasteiger partial charge in [-0.2, -0.15) is 0 Å². The summed E-state index contributed by atoms with van der Waals surface area (Å²) in [4.78, 5) is 0.423. The molecule has 0 aliphatic rings. The predicted molar refractivity (Wildman–Crippen MR) is 62.9 cm³/mol. The molecule has 15 heavy (non-hydrogen) atoms. The van der Waals surface area contributed by atoms with Gasteiger partial charge in [-0.25, -0.2) is 8.42 Å². The predicted octanol–water partition coefficient (Wildman–Crippen LogP) is 2.99. The molecule has 0 bridgehead atoms. The molecule has 0 aliphatic carbocycles. The highest BCUT2D eigenvalue weighted by Crippen LogP contribution is 2.24. The van der Waals surface area contributed by atoms with Crippen molar-refractivity contribution in [3.63, 3.8) is 0 Å². The van der Waals surface area contributed by atoms with E-state index in [1.54, 1.807) is 12.1 Å². The SMILES string of the molecule is CCC(CC)c1cccc(S(C)(=O)=O)c1. The third-order valence-corrected chi connectivity index (χ3v) is 3.85. The van der Waals surface area contributed by atoms with Crippen LogP contribution in [0.15, 0.2) is 29.2 Å². The zero-order chi connectivity index (χ0) is 11.5. The largest absolute Gasteiger partial charge is 0.224 e. The lowest BCUT2D eigenvalue weighted by Gasteiger charge is -2.13. The summed E-state index contributed by atoms with van der Waals surface area (Å²) in [6.45, 7) is 4.25. The zero-order valence-electron chi connectivity index (χ0n) is 9.53. The van der Waals surface area contributed by atoms with Gasteiger partial charge in [0, 0.05) is 6.26 Å². The molecule has 1 aromatic carbocycles. The van der Waals surface area contributed by atoms with E-state index < -0.39 is 9.84 Å². The molecule has 0 unspecified atom stereocenters. The standard InChI is InChI=1S/C12H18O2S/c1-4-10(5-2)11-7-6-8-12(9-11)15(3,13)14/h6-10H,4-5H2,1-3H3. The van der Waals surface area contributed by atoms with Crippen LogP contribution in [-0.4, -0.2) is 14.7 Å². The van der Waals surface area contributed by atoms with Crippen molar-refractivity contribution < 1.29 is 8.42 Å². The average molecular weight is 226 g/mol. The highest BCUT2D eigenvalue weighted by atomic mass is 32.2. The second-order valence-corrected chi connectivity index (χ2v) is 5.87. The number of hydrogen-bond acceptors (Lipinski definition) is 2. The number of benzene rings is 1. The van der Waals surface area contributed by atoms with Crippen molar-refractivity contribution in [1.29, 1.82) is 0 Å². The summed E-state index contributed by atoms with van der Waals surface area (Å²) in [6.07, 6.45) is 3.34. The lowest BCUT2D eigenvalue weighted by atomic mass is 9.94. The Morgan fingerprint density at radius 2 is 1.80 bits per heavy atom. The van der Waals surface area contributed by atoms with Crippen LogP contribution in [0.4, 0.5) is 0 Å². The van der Waals surface area contributed by atoms with Gasteiger partial charge < -0.3 is 0 Å². The number of sulfone groups is 1. The van der Waals surface area contributed by atoms with E-state index in [2.05, 4.69) is 13.8 Å². The fourth-order valence-electron chi connectivity index (χ4n) is 1.76. The summed E-state index contributed by atoms with van der Waals surface area (Å²) >= 11 is 0. The van der Waals surface area contributed by atoms with Crippen LogP contribution in [0.1, 0.15) is 38.2 Å². The van der Waals surface area contributed by atoms with E-state index in [1.807, 2.05) is 12.1 Å². The lowest BCUT2D eigenvalue weighted by molar-refractivity contribution is 0.600. The van der Waals surface area contributed by atoms with Crippen molar-refractivity contribution >= 4 is 9.84 Å². The molecule has 0 atom stereocenters. The third-order valence-electron chi connectivity index (χ3n) is 2.74. The highest BCUT2D eigenvalue weighted by molar-refractivity contribution is 7.90. The van der Waals surface area contributed by atoms with Gasteiger partial charge in [0.05, 0.1) is 4.90 Å². The van der Waals surface area contributed by atoms with Crippen molar-refractivity contribution in [2.45, 2.75) is 37.5 Å². The molecule has 2 nitrogen and oxygen atoms in total. The van der Waals surface area contributed by atoms with Crippen LogP contribution in [-0.2, 0) is 9.84 Å². The summed E-state index contributed by atoms with van der Waals surface area (Å²) in [7, 11) is -3.08. The Bertz CT molecular complexity index is 417. The second-order valence-electron chi connectivity index (χ2n) is 3.86. The molecule has 0 aliphatic heterocycles. The molecule has 0 saturated heterocycles. The van der Waals surface area contributed by atoms with Crippen molar-refractivity contribution in [2.75, 3.05) is 6.26 Å². The Hall–Kier alpha value is -0.830. The van der Waals surface area contributed by atoms with E-state index in [0.717, 1.165) is 18.4 Å². The summed E-state index contributed by atoms with van der Waals surface area (Å²) in [5.41, 5.74) is 1.13. The average Bonchev–Trinajstić information content (AvgIpc) is 2.19. The smallest absolute Gasteiger partial charge is 0.175 e. The minimum absolute atomic E-state index is 0.423. The molecule has 0 amide bonds. The quantitative estimate of drug-likeness (QED) is 0.791. The van der Waals surface area contributed by atoms with Crippen molar-refractivity contribution in [3.8, 4) is 0 Å². The van der Waals surface area contributed by atoms with Crippen LogP contribution in [0.25, 0.3) is 0 Å². The molecular weight excluding hydrogens is 208 g/mol. The minimum atomic E-state index is -3.08. The molecule has 1 aromatic rings. The molecule has 0 N–H and O–H groups in total. The summed E-state index contributed by atoms with van der Waals surface area (Å²) in [5.74, 6) is 0.465. The van der Waals surface area contributed by atoms with Gasteiger partial charge in [0.25, 0.3) is 0 Å². The van der Waals surface area contributed by atoms with E-state index in [4.69, 9.17) is 0 Å². The van der Waals surface area contributed by atoms with E-state index in [1.165, 1.54) is 6.26 Å². The molecule has 0 spiro atoms. The zero-order valence-corrected chi connectivity index (χ0v) is 10.3.